The predicted molar refractivity (Wildman–Crippen MR) is 147 cm³/mol. The maximum atomic E-state index is 13.2. The summed E-state index contributed by atoms with van der Waals surface area (Å²) in [4.78, 5) is 18.1. The number of ketones is 1. The monoisotopic (exact) mass is 465 g/mol. The SMILES string of the molecule is Cc1ccccc1NC1=CC(=O)C(Nc2ccc(N)c(C)c2C)=C/C1=N/c1ccc(N)c(C)c1C. The lowest BCUT2D eigenvalue weighted by Crippen LogP contribution is -2.22. The van der Waals surface area contributed by atoms with Crippen molar-refractivity contribution in [1.82, 2.24) is 0 Å². The highest BCUT2D eigenvalue weighted by molar-refractivity contribution is 6.24. The zero-order chi connectivity index (χ0) is 25.3. The maximum Gasteiger partial charge on any atom is 0.204 e. The van der Waals surface area contributed by atoms with Gasteiger partial charge < -0.3 is 22.1 Å². The molecule has 6 nitrogen and oxygen atoms in total. The molecule has 0 aliphatic heterocycles. The first kappa shape index (κ1) is 23.8. The lowest BCUT2D eigenvalue weighted by Gasteiger charge is -2.21. The Balaban J connectivity index is 1.79. The molecule has 6 heteroatoms. The van der Waals surface area contributed by atoms with Gasteiger partial charge in [-0.25, -0.2) is 4.99 Å². The van der Waals surface area contributed by atoms with E-state index in [-0.39, 0.29) is 5.78 Å². The number of aryl methyl sites for hydroxylation is 1. The number of allylic oxidation sites excluding steroid dienone is 2. The van der Waals surface area contributed by atoms with Crippen LogP contribution in [0.3, 0.4) is 0 Å². The molecule has 0 saturated heterocycles. The molecule has 3 aromatic carbocycles. The predicted octanol–water partition coefficient (Wildman–Crippen LogP) is 6.04. The second kappa shape index (κ2) is 9.50. The third kappa shape index (κ3) is 4.82. The van der Waals surface area contributed by atoms with E-state index in [2.05, 4.69) is 10.6 Å². The van der Waals surface area contributed by atoms with Crippen molar-refractivity contribution in [2.24, 2.45) is 4.99 Å². The minimum Gasteiger partial charge on any atom is -0.399 e. The number of carbonyl (C=O) groups excluding carboxylic acids is 1. The standard InChI is InChI=1S/C29H31N5O/c1-16-8-6-7-9-23(16)32-27-15-29(35)28(34-25-13-11-22(31)18(3)20(25)5)14-26(27)33-24-12-10-21(30)17(2)19(24)4/h6-15,32,34H,30-31H2,1-5H3/b33-26-. The highest BCUT2D eigenvalue weighted by Crippen LogP contribution is 2.30. The van der Waals surface area contributed by atoms with Crippen molar-refractivity contribution < 1.29 is 4.79 Å². The van der Waals surface area contributed by atoms with Crippen LogP contribution in [0.2, 0.25) is 0 Å². The smallest absolute Gasteiger partial charge is 0.204 e. The van der Waals surface area contributed by atoms with Gasteiger partial charge in [0.05, 0.1) is 22.8 Å². The second-order valence-electron chi connectivity index (χ2n) is 8.92. The van der Waals surface area contributed by atoms with Crippen LogP contribution < -0.4 is 22.1 Å². The topological polar surface area (TPSA) is 106 Å². The normalized spacial score (nSPS) is 14.5. The van der Waals surface area contributed by atoms with Gasteiger partial charge in [0.15, 0.2) is 0 Å². The van der Waals surface area contributed by atoms with Gasteiger partial charge in [0.25, 0.3) is 0 Å². The van der Waals surface area contributed by atoms with E-state index in [4.69, 9.17) is 16.5 Å². The van der Waals surface area contributed by atoms with E-state index in [1.165, 1.54) is 0 Å². The van der Waals surface area contributed by atoms with Crippen LogP contribution >= 0.6 is 0 Å². The van der Waals surface area contributed by atoms with Gasteiger partial charge in [-0.3, -0.25) is 4.79 Å². The molecule has 0 aromatic heterocycles. The number of rotatable bonds is 5. The van der Waals surface area contributed by atoms with Gasteiger partial charge in [0.2, 0.25) is 5.78 Å². The number of aliphatic imine (C=N–C) groups is 1. The van der Waals surface area contributed by atoms with E-state index < -0.39 is 0 Å². The third-order valence-electron chi connectivity index (χ3n) is 6.65. The van der Waals surface area contributed by atoms with Crippen molar-refractivity contribution >= 4 is 39.9 Å². The van der Waals surface area contributed by atoms with E-state index in [1.54, 1.807) is 12.2 Å². The number of nitrogens with one attached hydrogen (secondary N) is 2. The molecule has 0 amide bonds. The fourth-order valence-electron chi connectivity index (χ4n) is 3.92. The number of benzene rings is 3. The fraction of sp³-hybridized carbons (Fsp3) is 0.172. The molecule has 0 radical (unpaired) electrons. The Morgan fingerprint density at radius 1 is 0.657 bits per heavy atom. The first-order valence-electron chi connectivity index (χ1n) is 11.5. The summed E-state index contributed by atoms with van der Waals surface area (Å²) in [6.07, 6.45) is 3.38. The van der Waals surface area contributed by atoms with Crippen LogP contribution in [0, 0.1) is 34.6 Å². The summed E-state index contributed by atoms with van der Waals surface area (Å²) in [7, 11) is 0. The molecular formula is C29H31N5O. The quantitative estimate of drug-likeness (QED) is 0.271. The molecule has 1 aliphatic rings. The van der Waals surface area contributed by atoms with Gasteiger partial charge in [0.1, 0.15) is 0 Å². The lowest BCUT2D eigenvalue weighted by atomic mass is 10.0. The summed E-state index contributed by atoms with van der Waals surface area (Å²) >= 11 is 0. The molecule has 178 valence electrons. The van der Waals surface area contributed by atoms with Crippen LogP contribution in [0.4, 0.5) is 28.4 Å². The van der Waals surface area contributed by atoms with Gasteiger partial charge in [-0.2, -0.15) is 0 Å². The van der Waals surface area contributed by atoms with Crippen LogP contribution in [0.25, 0.3) is 0 Å². The Bertz CT molecular complexity index is 1430. The van der Waals surface area contributed by atoms with E-state index >= 15 is 0 Å². The van der Waals surface area contributed by atoms with E-state index in [0.717, 1.165) is 56.3 Å². The van der Waals surface area contributed by atoms with Crippen molar-refractivity contribution in [3.8, 4) is 0 Å². The number of hydrogen-bond donors (Lipinski definition) is 4. The molecule has 0 bridgehead atoms. The van der Waals surface area contributed by atoms with E-state index in [0.29, 0.717) is 17.1 Å². The molecule has 1 aliphatic carbocycles. The number of nitrogens with two attached hydrogens (primary N) is 2. The Hall–Kier alpha value is -4.32. The average molecular weight is 466 g/mol. The van der Waals surface area contributed by atoms with Gasteiger partial charge in [-0.05, 0) is 98.8 Å². The van der Waals surface area contributed by atoms with Gasteiger partial charge in [0, 0.05) is 28.8 Å². The second-order valence-corrected chi connectivity index (χ2v) is 8.92. The number of nitrogens with zero attached hydrogens (tertiary/aromatic N) is 1. The first-order chi connectivity index (χ1) is 16.7. The minimum absolute atomic E-state index is 0.140. The fourth-order valence-corrected chi connectivity index (χ4v) is 3.92. The Morgan fingerprint density at radius 2 is 1.29 bits per heavy atom. The molecule has 0 heterocycles. The van der Waals surface area contributed by atoms with Gasteiger partial charge in [-0.1, -0.05) is 18.2 Å². The van der Waals surface area contributed by atoms with Crippen molar-refractivity contribution in [1.29, 1.82) is 0 Å². The van der Waals surface area contributed by atoms with E-state index in [1.807, 2.05) is 83.1 Å². The molecule has 35 heavy (non-hydrogen) atoms. The summed E-state index contributed by atoms with van der Waals surface area (Å²) in [6, 6.07) is 15.4. The molecule has 0 unspecified atom stereocenters. The van der Waals surface area contributed by atoms with Crippen LogP contribution in [0.15, 0.2) is 77.1 Å². The molecule has 6 N–H and O–H groups in total. The molecule has 4 rings (SSSR count). The molecule has 0 saturated carbocycles. The number of hydrogen-bond acceptors (Lipinski definition) is 6. The Morgan fingerprint density at radius 3 is 2.00 bits per heavy atom. The minimum atomic E-state index is -0.140. The third-order valence-corrected chi connectivity index (χ3v) is 6.65. The highest BCUT2D eigenvalue weighted by Gasteiger charge is 2.21. The molecule has 3 aromatic rings. The molecular weight excluding hydrogens is 434 g/mol. The number of para-hydroxylation sites is 1. The summed E-state index contributed by atoms with van der Waals surface area (Å²) in [5.74, 6) is -0.140. The summed E-state index contributed by atoms with van der Waals surface area (Å²) < 4.78 is 0. The highest BCUT2D eigenvalue weighted by atomic mass is 16.1. The van der Waals surface area contributed by atoms with Gasteiger partial charge in [-0.15, -0.1) is 0 Å². The Kier molecular flexibility index (Phi) is 6.47. The van der Waals surface area contributed by atoms with Crippen molar-refractivity contribution in [3.05, 3.63) is 99.9 Å². The summed E-state index contributed by atoms with van der Waals surface area (Å²) in [5, 5.41) is 6.70. The van der Waals surface area contributed by atoms with Crippen LogP contribution in [-0.2, 0) is 4.79 Å². The zero-order valence-electron chi connectivity index (χ0n) is 20.8. The number of carbonyl (C=O) groups is 1. The van der Waals surface area contributed by atoms with Crippen molar-refractivity contribution in [3.63, 3.8) is 0 Å². The summed E-state index contributed by atoms with van der Waals surface area (Å²) in [5.41, 5.74) is 22.9. The summed E-state index contributed by atoms with van der Waals surface area (Å²) in [6.45, 7) is 9.96. The van der Waals surface area contributed by atoms with Gasteiger partial charge >= 0.3 is 0 Å². The maximum absolute atomic E-state index is 13.2. The largest absolute Gasteiger partial charge is 0.399 e. The Labute approximate surface area is 206 Å². The average Bonchev–Trinajstić information content (AvgIpc) is 2.83. The molecule has 0 fully saturated rings. The number of nitrogen functional groups attached to an aromatic ring is 2. The first-order valence-corrected chi connectivity index (χ1v) is 11.5. The lowest BCUT2D eigenvalue weighted by molar-refractivity contribution is -0.111. The van der Waals surface area contributed by atoms with Crippen LogP contribution in [-0.4, -0.2) is 11.5 Å². The molecule has 0 atom stereocenters. The van der Waals surface area contributed by atoms with E-state index in [9.17, 15) is 4.79 Å². The van der Waals surface area contributed by atoms with Crippen LogP contribution in [0.5, 0.6) is 0 Å². The van der Waals surface area contributed by atoms with Crippen molar-refractivity contribution in [2.45, 2.75) is 34.6 Å². The molecule has 0 spiro atoms. The van der Waals surface area contributed by atoms with Crippen LogP contribution in [0.1, 0.15) is 27.8 Å². The zero-order valence-corrected chi connectivity index (χ0v) is 20.8. The number of anilines is 4. The van der Waals surface area contributed by atoms with Crippen molar-refractivity contribution in [2.75, 3.05) is 22.1 Å².